The van der Waals surface area contributed by atoms with E-state index in [0.29, 0.717) is 5.75 Å². The van der Waals surface area contributed by atoms with Gasteiger partial charge in [0.1, 0.15) is 0 Å². The van der Waals surface area contributed by atoms with Gasteiger partial charge in [0.25, 0.3) is 0 Å². The predicted octanol–water partition coefficient (Wildman–Crippen LogP) is 2.56. The van der Waals surface area contributed by atoms with Crippen LogP contribution < -0.4 is 0 Å². The highest BCUT2D eigenvalue weighted by Crippen LogP contribution is 2.08. The van der Waals surface area contributed by atoms with Crippen molar-refractivity contribution < 1.29 is 9.53 Å². The molecule has 0 spiro atoms. The number of methoxy groups -OCH3 is 1. The van der Waals surface area contributed by atoms with Crippen molar-refractivity contribution in [3.05, 3.63) is 41.3 Å². The number of hydrogen-bond donors (Lipinski definition) is 0. The number of esters is 1. The predicted molar refractivity (Wildman–Crippen MR) is 60.0 cm³/mol. The summed E-state index contributed by atoms with van der Waals surface area (Å²) in [7, 11) is 1.39. The minimum Gasteiger partial charge on any atom is -0.468 e. The van der Waals surface area contributed by atoms with E-state index in [1.54, 1.807) is 0 Å². The summed E-state index contributed by atoms with van der Waals surface area (Å²) in [5, 5.41) is 1.90. The van der Waals surface area contributed by atoms with Crippen molar-refractivity contribution in [1.82, 2.24) is 0 Å². The van der Waals surface area contributed by atoms with Gasteiger partial charge in [0.15, 0.2) is 0 Å². The molecule has 3 heteroatoms. The molecule has 0 fully saturated rings. The second kappa shape index (κ2) is 6.27. The first-order valence-corrected chi connectivity index (χ1v) is 5.28. The number of thioether (sulfide) groups is 1. The van der Waals surface area contributed by atoms with Crippen molar-refractivity contribution in [3.63, 3.8) is 0 Å². The molecule has 0 aliphatic rings. The Morgan fingerprint density at radius 3 is 2.79 bits per heavy atom. The molecule has 0 radical (unpaired) electrons. The molecule has 0 amide bonds. The lowest BCUT2D eigenvalue weighted by Crippen LogP contribution is -2.01. The molecule has 0 heterocycles. The monoisotopic (exact) mass is 208 g/mol. The number of rotatable bonds is 4. The Morgan fingerprint density at radius 1 is 1.43 bits per heavy atom. The molecular formula is C11H12O2S. The van der Waals surface area contributed by atoms with Crippen LogP contribution in [-0.2, 0) is 9.53 Å². The highest BCUT2D eigenvalue weighted by atomic mass is 32.2. The molecule has 0 aromatic heterocycles. The average Bonchev–Trinajstić information content (AvgIpc) is 2.25. The summed E-state index contributed by atoms with van der Waals surface area (Å²) in [6.07, 6.45) is 1.97. The molecule has 14 heavy (non-hydrogen) atoms. The number of benzene rings is 1. The van der Waals surface area contributed by atoms with Gasteiger partial charge in [-0.3, -0.25) is 4.79 Å². The molecule has 2 nitrogen and oxygen atoms in total. The quantitative estimate of drug-likeness (QED) is 0.711. The van der Waals surface area contributed by atoms with Crippen molar-refractivity contribution in [1.29, 1.82) is 0 Å². The maximum absolute atomic E-state index is 10.7. The highest BCUT2D eigenvalue weighted by molar-refractivity contribution is 8.02. The van der Waals surface area contributed by atoms with Crippen LogP contribution in [0.2, 0.25) is 0 Å². The minimum atomic E-state index is -0.201. The number of carbonyl (C=O) groups excluding carboxylic acids is 1. The first-order chi connectivity index (χ1) is 6.83. The molecule has 74 valence electrons. The van der Waals surface area contributed by atoms with E-state index in [4.69, 9.17) is 0 Å². The van der Waals surface area contributed by atoms with Crippen LogP contribution >= 0.6 is 11.8 Å². The maximum atomic E-state index is 10.7. The zero-order valence-electron chi connectivity index (χ0n) is 7.97. The zero-order chi connectivity index (χ0) is 10.2. The van der Waals surface area contributed by atoms with E-state index in [1.165, 1.54) is 18.9 Å². The lowest BCUT2D eigenvalue weighted by atomic mass is 10.2. The van der Waals surface area contributed by atoms with Crippen LogP contribution in [-0.4, -0.2) is 18.8 Å². The van der Waals surface area contributed by atoms with Crippen molar-refractivity contribution in [3.8, 4) is 0 Å². The third-order valence-corrected chi connectivity index (χ3v) is 2.32. The molecule has 0 N–H and O–H groups in total. The Hall–Kier alpha value is -1.22. The first-order valence-electron chi connectivity index (χ1n) is 4.23. The Labute approximate surface area is 88.0 Å². The molecule has 0 aliphatic carbocycles. The van der Waals surface area contributed by atoms with Gasteiger partial charge in [-0.1, -0.05) is 30.3 Å². The molecule has 0 aliphatic heterocycles. The Balaban J connectivity index is 2.31. The van der Waals surface area contributed by atoms with Crippen molar-refractivity contribution in [2.45, 2.75) is 0 Å². The normalized spacial score (nSPS) is 10.4. The lowest BCUT2D eigenvalue weighted by molar-refractivity contribution is -0.137. The summed E-state index contributed by atoms with van der Waals surface area (Å²) < 4.78 is 4.51. The number of ether oxygens (including phenoxy) is 1. The van der Waals surface area contributed by atoms with Crippen molar-refractivity contribution in [2.75, 3.05) is 12.9 Å². The lowest BCUT2D eigenvalue weighted by Gasteiger charge is -1.94. The fraction of sp³-hybridized carbons (Fsp3) is 0.182. The molecule has 1 aromatic rings. The van der Waals surface area contributed by atoms with Gasteiger partial charge in [-0.25, -0.2) is 0 Å². The van der Waals surface area contributed by atoms with Gasteiger partial charge in [0.05, 0.1) is 12.9 Å². The van der Waals surface area contributed by atoms with Crippen molar-refractivity contribution >= 4 is 23.8 Å². The van der Waals surface area contributed by atoms with Crippen LogP contribution in [0.1, 0.15) is 5.56 Å². The number of hydrogen-bond acceptors (Lipinski definition) is 3. The van der Waals surface area contributed by atoms with Gasteiger partial charge in [-0.2, -0.15) is 0 Å². The summed E-state index contributed by atoms with van der Waals surface area (Å²) in [4.78, 5) is 10.7. The van der Waals surface area contributed by atoms with E-state index >= 15 is 0 Å². The Kier molecular flexibility index (Phi) is 4.86. The van der Waals surface area contributed by atoms with Gasteiger partial charge in [-0.05, 0) is 17.0 Å². The summed E-state index contributed by atoms with van der Waals surface area (Å²) in [6, 6.07) is 9.94. The van der Waals surface area contributed by atoms with Crippen LogP contribution in [0.25, 0.3) is 6.08 Å². The third-order valence-electron chi connectivity index (χ3n) is 1.59. The van der Waals surface area contributed by atoms with E-state index in [1.807, 2.05) is 41.8 Å². The molecule has 0 unspecified atom stereocenters. The van der Waals surface area contributed by atoms with E-state index in [0.717, 1.165) is 5.56 Å². The van der Waals surface area contributed by atoms with Crippen LogP contribution in [0.4, 0.5) is 0 Å². The van der Waals surface area contributed by atoms with Crippen LogP contribution in [0.5, 0.6) is 0 Å². The van der Waals surface area contributed by atoms with Gasteiger partial charge < -0.3 is 4.74 Å². The standard InChI is InChI=1S/C11H12O2S/c1-13-11(12)9-14-8-7-10-5-3-2-4-6-10/h2-8H,9H2,1H3/b8-7-. The largest absolute Gasteiger partial charge is 0.468 e. The topological polar surface area (TPSA) is 26.3 Å². The Morgan fingerprint density at radius 2 is 2.14 bits per heavy atom. The molecule has 0 saturated heterocycles. The van der Waals surface area contributed by atoms with Gasteiger partial charge in [-0.15, -0.1) is 11.8 Å². The van der Waals surface area contributed by atoms with Crippen LogP contribution in [0.3, 0.4) is 0 Å². The minimum absolute atomic E-state index is 0.201. The zero-order valence-corrected chi connectivity index (χ0v) is 8.79. The molecular weight excluding hydrogens is 196 g/mol. The fourth-order valence-electron chi connectivity index (χ4n) is 0.866. The van der Waals surface area contributed by atoms with E-state index < -0.39 is 0 Å². The highest BCUT2D eigenvalue weighted by Gasteiger charge is 1.95. The first kappa shape index (κ1) is 10.9. The van der Waals surface area contributed by atoms with Gasteiger partial charge in [0.2, 0.25) is 0 Å². The van der Waals surface area contributed by atoms with E-state index in [2.05, 4.69) is 4.74 Å². The Bertz CT molecular complexity index is 306. The molecule has 1 rings (SSSR count). The molecule has 1 aromatic carbocycles. The summed E-state index contributed by atoms with van der Waals surface area (Å²) in [6.45, 7) is 0. The fourth-order valence-corrected chi connectivity index (χ4v) is 1.47. The third kappa shape index (κ3) is 4.14. The average molecular weight is 208 g/mol. The molecule has 0 bridgehead atoms. The molecule has 0 atom stereocenters. The summed E-state index contributed by atoms with van der Waals surface area (Å²) >= 11 is 1.43. The van der Waals surface area contributed by atoms with Gasteiger partial charge in [0, 0.05) is 0 Å². The second-order valence-electron chi connectivity index (χ2n) is 2.60. The van der Waals surface area contributed by atoms with Crippen molar-refractivity contribution in [2.24, 2.45) is 0 Å². The van der Waals surface area contributed by atoms with Crippen LogP contribution in [0, 0.1) is 0 Å². The van der Waals surface area contributed by atoms with Crippen LogP contribution in [0.15, 0.2) is 35.7 Å². The maximum Gasteiger partial charge on any atom is 0.315 e. The molecule has 0 saturated carbocycles. The summed E-state index contributed by atoms with van der Waals surface area (Å²) in [5.74, 6) is 0.160. The number of carbonyl (C=O) groups is 1. The summed E-state index contributed by atoms with van der Waals surface area (Å²) in [5.41, 5.74) is 1.13. The van der Waals surface area contributed by atoms with Gasteiger partial charge >= 0.3 is 5.97 Å². The SMILES string of the molecule is COC(=O)CS/C=C\c1ccccc1. The smallest absolute Gasteiger partial charge is 0.315 e. The van der Waals surface area contributed by atoms with E-state index in [9.17, 15) is 4.79 Å². The second-order valence-corrected chi connectivity index (χ2v) is 3.49. The van der Waals surface area contributed by atoms with E-state index in [-0.39, 0.29) is 5.97 Å².